The largest absolute Gasteiger partial charge is 0.465 e. The van der Waals surface area contributed by atoms with E-state index in [1.54, 1.807) is 35.4 Å². The van der Waals surface area contributed by atoms with Crippen LogP contribution in [0.4, 0.5) is 0 Å². The average Bonchev–Trinajstić information content (AvgIpc) is 3.31. The molecule has 2 aromatic carbocycles. The summed E-state index contributed by atoms with van der Waals surface area (Å²) >= 11 is 0. The normalized spacial score (nSPS) is 11.1. The lowest BCUT2D eigenvalue weighted by atomic mass is 10.1. The number of para-hydroxylation sites is 1. The minimum Gasteiger partial charge on any atom is -0.465 e. The lowest BCUT2D eigenvalue weighted by Crippen LogP contribution is -2.24. The second-order valence-electron chi connectivity index (χ2n) is 6.15. The quantitative estimate of drug-likeness (QED) is 0.570. The Balaban J connectivity index is 1.93. The zero-order chi connectivity index (χ0) is 21.7. The number of nitrogens with zero attached hydrogens (tertiary/aromatic N) is 2. The summed E-state index contributed by atoms with van der Waals surface area (Å²) in [4.78, 5) is 27.6. The lowest BCUT2D eigenvalue weighted by Gasteiger charge is -2.13. The highest BCUT2D eigenvalue weighted by atomic mass is 32.2. The van der Waals surface area contributed by atoms with Crippen LogP contribution in [0.1, 0.15) is 26.3 Å². The van der Waals surface area contributed by atoms with Gasteiger partial charge in [0.25, 0.3) is 0 Å². The molecule has 10 heteroatoms. The number of methoxy groups -OCH3 is 2. The van der Waals surface area contributed by atoms with E-state index in [9.17, 15) is 18.0 Å². The highest BCUT2D eigenvalue weighted by molar-refractivity contribution is 7.89. The van der Waals surface area contributed by atoms with Crippen LogP contribution in [-0.4, -0.2) is 44.1 Å². The van der Waals surface area contributed by atoms with Crippen molar-refractivity contribution in [2.24, 2.45) is 0 Å². The molecule has 0 spiro atoms. The molecule has 0 atom stereocenters. The maximum Gasteiger partial charge on any atom is 0.337 e. The van der Waals surface area contributed by atoms with Gasteiger partial charge in [0.15, 0.2) is 0 Å². The number of esters is 2. The summed E-state index contributed by atoms with van der Waals surface area (Å²) < 4.78 is 39.3. The summed E-state index contributed by atoms with van der Waals surface area (Å²) in [6.07, 6.45) is 4.97. The Morgan fingerprint density at radius 3 is 2.23 bits per heavy atom. The molecule has 30 heavy (non-hydrogen) atoms. The molecule has 0 aliphatic heterocycles. The van der Waals surface area contributed by atoms with E-state index in [0.29, 0.717) is 5.56 Å². The Morgan fingerprint density at radius 2 is 1.67 bits per heavy atom. The number of nitrogens with one attached hydrogen (secondary N) is 1. The third-order valence-electron chi connectivity index (χ3n) is 4.29. The molecule has 1 aromatic heterocycles. The molecular weight excluding hydrogens is 410 g/mol. The third kappa shape index (κ3) is 4.56. The van der Waals surface area contributed by atoms with Crippen molar-refractivity contribution in [3.63, 3.8) is 0 Å². The number of sulfonamides is 1. The number of hydrogen-bond donors (Lipinski definition) is 1. The van der Waals surface area contributed by atoms with Gasteiger partial charge in [-0.15, -0.1) is 0 Å². The van der Waals surface area contributed by atoms with Crippen molar-refractivity contribution in [2.45, 2.75) is 11.4 Å². The van der Waals surface area contributed by atoms with E-state index in [1.807, 2.05) is 12.1 Å². The molecule has 3 rings (SSSR count). The van der Waals surface area contributed by atoms with Crippen molar-refractivity contribution in [1.82, 2.24) is 14.3 Å². The fourth-order valence-electron chi connectivity index (χ4n) is 2.80. The number of benzene rings is 2. The van der Waals surface area contributed by atoms with E-state index in [2.05, 4.69) is 19.2 Å². The monoisotopic (exact) mass is 429 g/mol. The van der Waals surface area contributed by atoms with Crippen molar-refractivity contribution in [2.75, 3.05) is 14.2 Å². The van der Waals surface area contributed by atoms with Gasteiger partial charge in [-0.25, -0.2) is 27.7 Å². The first-order chi connectivity index (χ1) is 14.4. The summed E-state index contributed by atoms with van der Waals surface area (Å²) in [5.74, 6) is -1.55. The SMILES string of the molecule is COC(=O)c1cc(C(=O)OC)cc(S(=O)(=O)NCc2ccccc2-n2ccnc2)c1. The van der Waals surface area contributed by atoms with Crippen LogP contribution in [-0.2, 0) is 26.0 Å². The number of aromatic nitrogens is 2. The van der Waals surface area contributed by atoms with Crippen LogP contribution in [0.3, 0.4) is 0 Å². The molecule has 0 saturated carbocycles. The molecule has 1 N–H and O–H groups in total. The van der Waals surface area contributed by atoms with E-state index in [-0.39, 0.29) is 22.6 Å². The minimum atomic E-state index is -4.06. The Bertz CT molecular complexity index is 1140. The summed E-state index contributed by atoms with van der Waals surface area (Å²) in [5.41, 5.74) is 1.30. The topological polar surface area (TPSA) is 117 Å². The molecule has 0 aliphatic carbocycles. The van der Waals surface area contributed by atoms with Crippen LogP contribution in [0, 0.1) is 0 Å². The van der Waals surface area contributed by atoms with Gasteiger partial charge in [0, 0.05) is 18.9 Å². The molecule has 0 amide bonds. The molecule has 156 valence electrons. The first kappa shape index (κ1) is 21.2. The van der Waals surface area contributed by atoms with Gasteiger partial charge in [0.2, 0.25) is 10.0 Å². The van der Waals surface area contributed by atoms with Gasteiger partial charge in [-0.1, -0.05) is 18.2 Å². The van der Waals surface area contributed by atoms with E-state index < -0.39 is 22.0 Å². The molecular formula is C20H19N3O6S. The first-order valence-corrected chi connectivity index (χ1v) is 10.2. The van der Waals surface area contributed by atoms with Gasteiger partial charge in [0.05, 0.1) is 42.3 Å². The van der Waals surface area contributed by atoms with Gasteiger partial charge in [0.1, 0.15) is 0 Å². The van der Waals surface area contributed by atoms with Crippen LogP contribution in [0.15, 0.2) is 66.1 Å². The number of ether oxygens (including phenoxy) is 2. The summed E-state index contributed by atoms with van der Waals surface area (Å²) in [6, 6.07) is 10.7. The zero-order valence-electron chi connectivity index (χ0n) is 16.2. The van der Waals surface area contributed by atoms with E-state index >= 15 is 0 Å². The van der Waals surface area contributed by atoms with Gasteiger partial charge in [-0.05, 0) is 29.8 Å². The van der Waals surface area contributed by atoms with Crippen LogP contribution in [0.2, 0.25) is 0 Å². The van der Waals surface area contributed by atoms with Crippen LogP contribution in [0.25, 0.3) is 5.69 Å². The molecule has 0 saturated heterocycles. The number of carbonyl (C=O) groups excluding carboxylic acids is 2. The second-order valence-corrected chi connectivity index (χ2v) is 7.92. The molecule has 0 unspecified atom stereocenters. The Morgan fingerprint density at radius 1 is 1.03 bits per heavy atom. The Labute approximate surface area is 173 Å². The molecule has 0 aliphatic rings. The number of imidazole rings is 1. The second kappa shape index (κ2) is 8.89. The van der Waals surface area contributed by atoms with Gasteiger partial charge >= 0.3 is 11.9 Å². The zero-order valence-corrected chi connectivity index (χ0v) is 17.0. The summed E-state index contributed by atoms with van der Waals surface area (Å²) in [6.45, 7) is -0.0211. The fraction of sp³-hybridized carbons (Fsp3) is 0.150. The van der Waals surface area contributed by atoms with Crippen LogP contribution in [0.5, 0.6) is 0 Å². The molecule has 3 aromatic rings. The molecule has 0 bridgehead atoms. The highest BCUT2D eigenvalue weighted by Crippen LogP contribution is 2.19. The average molecular weight is 429 g/mol. The predicted octanol–water partition coefficient (Wildman–Crippen LogP) is 1.92. The minimum absolute atomic E-state index is 0.0211. The lowest BCUT2D eigenvalue weighted by molar-refractivity contribution is 0.0598. The maximum absolute atomic E-state index is 12.9. The maximum atomic E-state index is 12.9. The highest BCUT2D eigenvalue weighted by Gasteiger charge is 2.21. The summed E-state index contributed by atoms with van der Waals surface area (Å²) in [7, 11) is -1.74. The van der Waals surface area contributed by atoms with E-state index in [4.69, 9.17) is 0 Å². The third-order valence-corrected chi connectivity index (χ3v) is 5.67. The van der Waals surface area contributed by atoms with Gasteiger partial charge < -0.3 is 14.0 Å². The number of hydrogen-bond acceptors (Lipinski definition) is 7. The van der Waals surface area contributed by atoms with Crippen molar-refractivity contribution in [3.8, 4) is 5.69 Å². The number of carbonyl (C=O) groups is 2. The van der Waals surface area contributed by atoms with E-state index in [0.717, 1.165) is 32.0 Å². The Hall–Kier alpha value is -3.50. The standard InChI is InChI=1S/C20H19N3O6S/c1-28-19(24)15-9-16(20(25)29-2)11-17(10-15)30(26,27)22-12-14-5-3-4-6-18(14)23-8-7-21-13-23/h3-11,13,22H,12H2,1-2H3. The smallest absolute Gasteiger partial charge is 0.337 e. The van der Waals surface area contributed by atoms with Crippen molar-refractivity contribution < 1.29 is 27.5 Å². The predicted molar refractivity (Wildman–Crippen MR) is 107 cm³/mol. The van der Waals surface area contributed by atoms with Gasteiger partial charge in [-0.2, -0.15) is 0 Å². The van der Waals surface area contributed by atoms with Gasteiger partial charge in [-0.3, -0.25) is 0 Å². The molecule has 1 heterocycles. The first-order valence-electron chi connectivity index (χ1n) is 8.73. The number of rotatable bonds is 7. The molecule has 0 fully saturated rings. The van der Waals surface area contributed by atoms with E-state index in [1.165, 1.54) is 6.07 Å². The van der Waals surface area contributed by atoms with Crippen molar-refractivity contribution in [3.05, 3.63) is 77.9 Å². The van der Waals surface area contributed by atoms with Crippen molar-refractivity contribution >= 4 is 22.0 Å². The summed E-state index contributed by atoms with van der Waals surface area (Å²) in [5, 5.41) is 0. The Kier molecular flexibility index (Phi) is 6.28. The van der Waals surface area contributed by atoms with Crippen LogP contribution >= 0.6 is 0 Å². The fourth-order valence-corrected chi connectivity index (χ4v) is 3.87. The van der Waals surface area contributed by atoms with Crippen LogP contribution < -0.4 is 4.72 Å². The molecule has 0 radical (unpaired) electrons. The van der Waals surface area contributed by atoms with Crippen molar-refractivity contribution in [1.29, 1.82) is 0 Å². The molecule has 9 nitrogen and oxygen atoms in total.